The van der Waals surface area contributed by atoms with E-state index < -0.39 is 11.9 Å². The molecule has 0 aromatic heterocycles. The van der Waals surface area contributed by atoms with Gasteiger partial charge in [0.05, 0.1) is 12.0 Å². The zero-order valence-corrected chi connectivity index (χ0v) is 21.0. The van der Waals surface area contributed by atoms with Crippen LogP contribution >= 0.6 is 0 Å². The minimum absolute atomic E-state index is 0.0538. The Labute approximate surface area is 212 Å². The lowest BCUT2D eigenvalue weighted by molar-refractivity contribution is -0.142. The van der Waals surface area contributed by atoms with Crippen LogP contribution in [-0.2, 0) is 20.9 Å². The van der Waals surface area contributed by atoms with Gasteiger partial charge in [-0.2, -0.15) is 0 Å². The van der Waals surface area contributed by atoms with Crippen molar-refractivity contribution in [3.05, 3.63) is 29.3 Å². The maximum Gasteiger partial charge on any atom is 0.255 e. The quantitative estimate of drug-likeness (QED) is 0.605. The van der Waals surface area contributed by atoms with E-state index in [0.717, 1.165) is 63.8 Å². The first-order chi connectivity index (χ1) is 17.4. The highest BCUT2D eigenvalue weighted by molar-refractivity contribution is 6.05. The van der Waals surface area contributed by atoms with Crippen molar-refractivity contribution in [3.8, 4) is 5.75 Å². The summed E-state index contributed by atoms with van der Waals surface area (Å²) < 4.78 is 6.17. The number of amides is 4. The van der Waals surface area contributed by atoms with Gasteiger partial charge in [-0.1, -0.05) is 6.92 Å². The molecule has 3 fully saturated rings. The molecule has 4 aliphatic heterocycles. The number of hydrogen-bond donors (Lipinski definition) is 1. The Hall–Kier alpha value is -2.94. The molecule has 5 rings (SSSR count). The van der Waals surface area contributed by atoms with Crippen LogP contribution in [0.4, 0.5) is 0 Å². The van der Waals surface area contributed by atoms with Crippen molar-refractivity contribution >= 4 is 23.6 Å². The molecule has 9 nitrogen and oxygen atoms in total. The van der Waals surface area contributed by atoms with Gasteiger partial charge in [0.1, 0.15) is 18.4 Å². The topological polar surface area (TPSA) is 99.3 Å². The molecule has 0 bridgehead atoms. The Bertz CT molecular complexity index is 1040. The molecule has 9 heteroatoms. The third kappa shape index (κ3) is 4.98. The number of benzene rings is 1. The average Bonchev–Trinajstić information content (AvgIpc) is 3.22. The molecular formula is C27H36N4O5. The summed E-state index contributed by atoms with van der Waals surface area (Å²) in [7, 11) is 0. The van der Waals surface area contributed by atoms with Gasteiger partial charge in [0.2, 0.25) is 17.7 Å². The first-order valence-corrected chi connectivity index (χ1v) is 13.4. The lowest BCUT2D eigenvalue weighted by atomic mass is 9.93. The van der Waals surface area contributed by atoms with E-state index in [4.69, 9.17) is 4.74 Å². The summed E-state index contributed by atoms with van der Waals surface area (Å²) in [5.74, 6) is 0.108. The molecule has 194 valence electrons. The Morgan fingerprint density at radius 2 is 1.94 bits per heavy atom. The number of hydrogen-bond acceptors (Lipinski definition) is 6. The van der Waals surface area contributed by atoms with Crippen LogP contribution in [-0.4, -0.2) is 83.2 Å². The number of nitrogens with one attached hydrogen (secondary N) is 1. The summed E-state index contributed by atoms with van der Waals surface area (Å²) in [6, 6.07) is 4.84. The molecule has 0 aliphatic carbocycles. The Morgan fingerprint density at radius 3 is 2.75 bits per heavy atom. The smallest absolute Gasteiger partial charge is 0.255 e. The van der Waals surface area contributed by atoms with Gasteiger partial charge in [-0.25, -0.2) is 0 Å². The van der Waals surface area contributed by atoms with Crippen molar-refractivity contribution in [2.24, 2.45) is 5.92 Å². The second-order valence-corrected chi connectivity index (χ2v) is 10.4. The SMILES string of the molecule is CCN1CCC[C@@H](C(=O)N2CCCC[C@H]2COc2ccc3c(c2)CN(C2CCC(=O)NC2=O)C3=O)C1. The van der Waals surface area contributed by atoms with Crippen molar-refractivity contribution in [1.29, 1.82) is 0 Å². The number of carbonyl (C=O) groups excluding carboxylic acids is 4. The summed E-state index contributed by atoms with van der Waals surface area (Å²) in [6.07, 6.45) is 5.66. The molecule has 0 saturated carbocycles. The standard InChI is InChI=1S/C27H36N4O5/c1-2-29-12-5-6-18(15-29)26(34)30-13-4-3-7-20(30)17-36-21-8-9-22-19(14-21)16-31(27(22)35)23-10-11-24(32)28-25(23)33/h8-9,14,18,20,23H,2-7,10-13,15-17H2,1H3,(H,28,32,33)/t18-,20+,23?/m1/s1. The van der Waals surface area contributed by atoms with Crippen LogP contribution in [0.3, 0.4) is 0 Å². The van der Waals surface area contributed by atoms with Gasteiger partial charge in [-0.05, 0) is 75.4 Å². The van der Waals surface area contributed by atoms with Crippen LogP contribution in [0.5, 0.6) is 5.75 Å². The zero-order valence-electron chi connectivity index (χ0n) is 21.0. The molecule has 3 atom stereocenters. The monoisotopic (exact) mass is 496 g/mol. The highest BCUT2D eigenvalue weighted by Gasteiger charge is 2.39. The summed E-state index contributed by atoms with van der Waals surface area (Å²) in [6.45, 7) is 6.60. The summed E-state index contributed by atoms with van der Waals surface area (Å²) in [5.41, 5.74) is 1.39. The lowest BCUT2D eigenvalue weighted by Crippen LogP contribution is -2.52. The molecule has 3 saturated heterocycles. The Balaban J connectivity index is 1.22. The molecule has 0 radical (unpaired) electrons. The molecular weight excluding hydrogens is 460 g/mol. The predicted octanol–water partition coefficient (Wildman–Crippen LogP) is 1.94. The maximum atomic E-state index is 13.4. The Morgan fingerprint density at radius 1 is 1.08 bits per heavy atom. The average molecular weight is 497 g/mol. The van der Waals surface area contributed by atoms with Crippen LogP contribution in [0, 0.1) is 5.92 Å². The third-order valence-corrected chi connectivity index (χ3v) is 8.15. The van der Waals surface area contributed by atoms with E-state index in [1.165, 1.54) is 0 Å². The number of piperidine rings is 3. The van der Waals surface area contributed by atoms with Crippen LogP contribution in [0.1, 0.15) is 67.8 Å². The van der Waals surface area contributed by atoms with E-state index in [-0.39, 0.29) is 36.1 Å². The predicted molar refractivity (Wildman–Crippen MR) is 132 cm³/mol. The van der Waals surface area contributed by atoms with Crippen molar-refractivity contribution in [3.63, 3.8) is 0 Å². The summed E-state index contributed by atoms with van der Waals surface area (Å²) >= 11 is 0. The number of rotatable bonds is 6. The van der Waals surface area contributed by atoms with Crippen LogP contribution in [0.25, 0.3) is 0 Å². The number of imide groups is 1. The number of likely N-dealkylation sites (tertiary alicyclic amines) is 2. The molecule has 1 unspecified atom stereocenters. The first kappa shape index (κ1) is 24.7. The molecule has 1 aromatic rings. The largest absolute Gasteiger partial charge is 0.491 e. The minimum Gasteiger partial charge on any atom is -0.491 e. The first-order valence-electron chi connectivity index (χ1n) is 13.4. The molecule has 4 heterocycles. The number of carbonyl (C=O) groups is 4. The fraction of sp³-hybridized carbons (Fsp3) is 0.630. The summed E-state index contributed by atoms with van der Waals surface area (Å²) in [5, 5.41) is 2.33. The van der Waals surface area contributed by atoms with Crippen molar-refractivity contribution < 1.29 is 23.9 Å². The molecule has 1 aromatic carbocycles. The van der Waals surface area contributed by atoms with Crippen LogP contribution < -0.4 is 10.1 Å². The van der Waals surface area contributed by atoms with Gasteiger partial charge >= 0.3 is 0 Å². The number of fused-ring (bicyclic) bond motifs is 1. The number of ether oxygens (including phenoxy) is 1. The fourth-order valence-electron chi connectivity index (χ4n) is 6.08. The molecule has 1 N–H and O–H groups in total. The Kier molecular flexibility index (Phi) is 7.27. The van der Waals surface area contributed by atoms with E-state index in [0.29, 0.717) is 30.9 Å². The lowest BCUT2D eigenvalue weighted by Gasteiger charge is -2.40. The fourth-order valence-corrected chi connectivity index (χ4v) is 6.08. The van der Waals surface area contributed by atoms with Gasteiger partial charge in [0.25, 0.3) is 5.91 Å². The zero-order chi connectivity index (χ0) is 25.2. The molecule has 4 amide bonds. The van der Waals surface area contributed by atoms with Gasteiger partial charge in [0, 0.05) is 31.6 Å². The normalized spacial score (nSPS) is 27.1. The van der Waals surface area contributed by atoms with Gasteiger partial charge in [-0.15, -0.1) is 0 Å². The molecule has 0 spiro atoms. The van der Waals surface area contributed by atoms with Crippen molar-refractivity contribution in [1.82, 2.24) is 20.0 Å². The maximum absolute atomic E-state index is 13.4. The summed E-state index contributed by atoms with van der Waals surface area (Å²) in [4.78, 5) is 56.1. The minimum atomic E-state index is -0.628. The van der Waals surface area contributed by atoms with Gasteiger partial charge < -0.3 is 19.4 Å². The molecule has 36 heavy (non-hydrogen) atoms. The van der Waals surface area contributed by atoms with Crippen LogP contribution in [0.2, 0.25) is 0 Å². The van der Waals surface area contributed by atoms with E-state index >= 15 is 0 Å². The van der Waals surface area contributed by atoms with E-state index in [1.54, 1.807) is 17.0 Å². The van der Waals surface area contributed by atoms with Crippen molar-refractivity contribution in [2.45, 2.75) is 70.5 Å². The van der Waals surface area contributed by atoms with E-state index in [1.807, 2.05) is 6.07 Å². The van der Waals surface area contributed by atoms with E-state index in [9.17, 15) is 19.2 Å². The van der Waals surface area contributed by atoms with Gasteiger partial charge in [-0.3, -0.25) is 24.5 Å². The molecule has 4 aliphatic rings. The van der Waals surface area contributed by atoms with Gasteiger partial charge in [0.15, 0.2) is 0 Å². The van der Waals surface area contributed by atoms with Crippen molar-refractivity contribution in [2.75, 3.05) is 32.8 Å². The number of nitrogens with zero attached hydrogens (tertiary/aromatic N) is 3. The second kappa shape index (κ2) is 10.6. The highest BCUT2D eigenvalue weighted by Crippen LogP contribution is 2.31. The highest BCUT2D eigenvalue weighted by atomic mass is 16.5. The van der Waals surface area contributed by atoms with E-state index in [2.05, 4.69) is 22.0 Å². The van der Waals surface area contributed by atoms with Crippen LogP contribution in [0.15, 0.2) is 18.2 Å². The third-order valence-electron chi connectivity index (χ3n) is 8.15. The second-order valence-electron chi connectivity index (χ2n) is 10.4.